The molecule has 6 aromatic rings. The van der Waals surface area contributed by atoms with Crippen LogP contribution >= 0.6 is 0 Å². The van der Waals surface area contributed by atoms with E-state index in [4.69, 9.17) is 19.3 Å². The topological polar surface area (TPSA) is 157 Å². The Hall–Kier alpha value is -6.32. The highest BCUT2D eigenvalue weighted by Gasteiger charge is 2.34. The standard InChI is InChI=1S/C33H41NO5S.C29H33NO5S/c1-23(2)25-11-9-12-26(21-25)24-17-19-27(20-18-24)40(36,37)34(6)30-15-8-7-13-29-28(30)14-10-16-31(29)38-22-32(35)39-33(3,4)5;1-20(2)22-8-6-9-23(18-22)21-14-16-24(17-15-21)36(33,34)30(3)27-12-5-4-10-26-25(27)11-7-13-28(26)35-19-29(31)32/h9-12,14,16-21,23,30H,7-8,13,15,22H2,1-6H3;6-9,11,13-18,20,27H,4-5,10,12,19H2,1-3H3,(H,31,32). The van der Waals surface area contributed by atoms with Crippen molar-refractivity contribution in [1.82, 2.24) is 8.61 Å². The molecule has 0 bridgehead atoms. The summed E-state index contributed by atoms with van der Waals surface area (Å²) in [5.41, 5.74) is 9.63. The van der Waals surface area contributed by atoms with Gasteiger partial charge in [0.25, 0.3) is 0 Å². The maximum Gasteiger partial charge on any atom is 0.344 e. The number of sulfonamides is 2. The average molecular weight is 1070 g/mol. The molecular formula is C62H74N2O10S2. The lowest BCUT2D eigenvalue weighted by atomic mass is 9.97. The molecule has 2 aliphatic carbocycles. The second-order valence-corrected chi connectivity index (χ2v) is 25.4. The Labute approximate surface area is 451 Å². The SMILES string of the molecule is CC(C)c1cccc(-c2ccc(S(=O)(=O)N(C)C3CCCCc4c(OCC(=O)O)cccc43)cc2)c1.CC(C)c1cccc(-c2ccc(S(=O)(=O)N(C)C3CCCCc4c(OCC(=O)OC(C)(C)C)cccc43)cc2)c1. The van der Waals surface area contributed by atoms with E-state index in [-0.39, 0.29) is 28.5 Å². The summed E-state index contributed by atoms with van der Waals surface area (Å²) in [6.45, 7) is 13.4. The first-order chi connectivity index (χ1) is 36.0. The van der Waals surface area contributed by atoms with Gasteiger partial charge in [0.15, 0.2) is 13.2 Å². The molecule has 0 saturated carbocycles. The second-order valence-electron chi connectivity index (χ2n) is 21.4. The van der Waals surface area contributed by atoms with Crippen LogP contribution in [0.3, 0.4) is 0 Å². The number of hydrogen-bond acceptors (Lipinski definition) is 9. The summed E-state index contributed by atoms with van der Waals surface area (Å²) >= 11 is 0. The van der Waals surface area contributed by atoms with Gasteiger partial charge in [-0.3, -0.25) is 0 Å². The summed E-state index contributed by atoms with van der Waals surface area (Å²) in [6.07, 6.45) is 6.42. The van der Waals surface area contributed by atoms with E-state index in [0.717, 1.165) is 83.0 Å². The van der Waals surface area contributed by atoms with Gasteiger partial charge in [-0.15, -0.1) is 0 Å². The molecule has 0 fully saturated rings. The number of carbonyl (C=O) groups excluding carboxylic acids is 1. The van der Waals surface area contributed by atoms with Crippen LogP contribution in [-0.4, -0.2) is 75.4 Å². The highest BCUT2D eigenvalue weighted by atomic mass is 32.2. The van der Waals surface area contributed by atoms with Gasteiger partial charge in [-0.1, -0.05) is 138 Å². The highest BCUT2D eigenvalue weighted by Crippen LogP contribution is 2.41. The third-order valence-electron chi connectivity index (χ3n) is 14.2. The van der Waals surface area contributed by atoms with E-state index in [0.29, 0.717) is 36.2 Å². The molecule has 0 amide bonds. The first-order valence-corrected chi connectivity index (χ1v) is 29.2. The molecule has 2 aliphatic rings. The van der Waals surface area contributed by atoms with E-state index < -0.39 is 44.2 Å². The van der Waals surface area contributed by atoms with Crippen molar-refractivity contribution in [1.29, 1.82) is 0 Å². The number of carboxylic acid groups (broad SMARTS) is 1. The van der Waals surface area contributed by atoms with Gasteiger partial charge in [-0.05, 0) is 163 Å². The summed E-state index contributed by atoms with van der Waals surface area (Å²) in [7, 11) is -4.24. The Kier molecular flexibility index (Phi) is 18.7. The fourth-order valence-corrected chi connectivity index (χ4v) is 12.8. The molecular weight excluding hydrogens is 997 g/mol. The van der Waals surface area contributed by atoms with E-state index in [2.05, 4.69) is 52.0 Å². The molecule has 0 aromatic heterocycles. The maximum atomic E-state index is 13.8. The van der Waals surface area contributed by atoms with Gasteiger partial charge in [0.1, 0.15) is 17.1 Å². The minimum Gasteiger partial charge on any atom is -0.482 e. The number of carboxylic acids is 1. The first-order valence-electron chi connectivity index (χ1n) is 26.3. The minimum absolute atomic E-state index is 0.195. The molecule has 0 spiro atoms. The Morgan fingerprint density at radius 1 is 0.553 bits per heavy atom. The molecule has 0 saturated heterocycles. The molecule has 14 heteroatoms. The van der Waals surface area contributed by atoms with Crippen LogP contribution in [0, 0.1) is 0 Å². The molecule has 8 rings (SSSR count). The molecule has 6 aromatic carbocycles. The number of rotatable bonds is 16. The van der Waals surface area contributed by atoms with E-state index in [1.165, 1.54) is 19.7 Å². The van der Waals surface area contributed by atoms with Crippen molar-refractivity contribution in [2.45, 2.75) is 139 Å². The third-order valence-corrected chi connectivity index (χ3v) is 18.0. The van der Waals surface area contributed by atoms with E-state index in [1.807, 2.05) is 93.6 Å². The predicted molar refractivity (Wildman–Crippen MR) is 300 cm³/mol. The summed E-state index contributed by atoms with van der Waals surface area (Å²) in [5, 5.41) is 9.02. The largest absolute Gasteiger partial charge is 0.482 e. The monoisotopic (exact) mass is 1070 g/mol. The zero-order chi connectivity index (χ0) is 55.0. The Morgan fingerprint density at radius 2 is 0.947 bits per heavy atom. The number of esters is 1. The summed E-state index contributed by atoms with van der Waals surface area (Å²) < 4.78 is 74.7. The van der Waals surface area contributed by atoms with Crippen LogP contribution in [0.5, 0.6) is 11.5 Å². The zero-order valence-electron chi connectivity index (χ0n) is 45.4. The van der Waals surface area contributed by atoms with Crippen molar-refractivity contribution in [2.24, 2.45) is 0 Å². The second kappa shape index (κ2) is 24.8. The van der Waals surface area contributed by atoms with Gasteiger partial charge in [0, 0.05) is 14.1 Å². The van der Waals surface area contributed by atoms with Crippen molar-refractivity contribution in [3.63, 3.8) is 0 Å². The lowest BCUT2D eigenvalue weighted by molar-refractivity contribution is -0.157. The van der Waals surface area contributed by atoms with Gasteiger partial charge in [0.2, 0.25) is 20.0 Å². The molecule has 404 valence electrons. The first kappa shape index (κ1) is 57.4. The Balaban J connectivity index is 0.000000222. The number of hydrogen-bond donors (Lipinski definition) is 1. The smallest absolute Gasteiger partial charge is 0.344 e. The van der Waals surface area contributed by atoms with Crippen LogP contribution in [0.25, 0.3) is 22.3 Å². The quantitative estimate of drug-likeness (QED) is 0.0731. The van der Waals surface area contributed by atoms with Crippen LogP contribution in [-0.2, 0) is 47.2 Å². The molecule has 0 aliphatic heterocycles. The van der Waals surface area contributed by atoms with Crippen LogP contribution in [0.15, 0.2) is 143 Å². The molecule has 12 nitrogen and oxygen atoms in total. The Bertz CT molecular complexity index is 3200. The predicted octanol–water partition coefficient (Wildman–Crippen LogP) is 13.3. The Morgan fingerprint density at radius 3 is 1.33 bits per heavy atom. The average Bonchev–Trinajstić information content (AvgIpc) is 3.77. The minimum atomic E-state index is -3.76. The summed E-state index contributed by atoms with van der Waals surface area (Å²) in [4.78, 5) is 23.8. The lowest BCUT2D eigenvalue weighted by Gasteiger charge is -2.29. The van der Waals surface area contributed by atoms with E-state index in [9.17, 15) is 26.4 Å². The maximum absolute atomic E-state index is 13.8. The lowest BCUT2D eigenvalue weighted by Crippen LogP contribution is -2.31. The highest BCUT2D eigenvalue weighted by molar-refractivity contribution is 7.89. The molecule has 0 radical (unpaired) electrons. The summed E-state index contributed by atoms with van der Waals surface area (Å²) in [6, 6.07) is 41.4. The normalized spacial score (nSPS) is 16.0. The fourth-order valence-electron chi connectivity index (χ4n) is 10.0. The molecule has 0 heterocycles. The van der Waals surface area contributed by atoms with Crippen LogP contribution in [0.4, 0.5) is 0 Å². The van der Waals surface area contributed by atoms with Crippen molar-refractivity contribution >= 4 is 32.0 Å². The van der Waals surface area contributed by atoms with Crippen molar-refractivity contribution < 1.29 is 45.7 Å². The van der Waals surface area contributed by atoms with Gasteiger partial charge in [-0.2, -0.15) is 8.61 Å². The van der Waals surface area contributed by atoms with Gasteiger partial charge < -0.3 is 19.3 Å². The van der Waals surface area contributed by atoms with Crippen LogP contribution in [0.2, 0.25) is 0 Å². The number of fused-ring (bicyclic) bond motifs is 2. The molecule has 76 heavy (non-hydrogen) atoms. The van der Waals surface area contributed by atoms with Crippen molar-refractivity contribution in [3.05, 3.63) is 167 Å². The van der Waals surface area contributed by atoms with Crippen molar-refractivity contribution in [3.8, 4) is 33.8 Å². The molecule has 2 unspecified atom stereocenters. The van der Waals surface area contributed by atoms with E-state index >= 15 is 0 Å². The number of nitrogens with zero attached hydrogens (tertiary/aromatic N) is 2. The fraction of sp³-hybridized carbons (Fsp3) is 0.387. The van der Waals surface area contributed by atoms with Crippen molar-refractivity contribution in [2.75, 3.05) is 27.3 Å². The number of carbonyl (C=O) groups is 2. The van der Waals surface area contributed by atoms with Gasteiger partial charge >= 0.3 is 11.9 Å². The molecule has 1 N–H and O–H groups in total. The van der Waals surface area contributed by atoms with Crippen LogP contribution < -0.4 is 9.47 Å². The van der Waals surface area contributed by atoms with Gasteiger partial charge in [0.05, 0.1) is 21.9 Å². The number of aliphatic carboxylic acids is 1. The number of benzene rings is 6. The number of ether oxygens (including phenoxy) is 3. The third kappa shape index (κ3) is 14.0. The van der Waals surface area contributed by atoms with Gasteiger partial charge in [-0.25, -0.2) is 26.4 Å². The molecule has 2 atom stereocenters. The summed E-state index contributed by atoms with van der Waals surface area (Å²) in [5.74, 6) is 0.468. The van der Waals surface area contributed by atoms with Crippen LogP contribution in [0.1, 0.15) is 144 Å². The van der Waals surface area contributed by atoms with E-state index in [1.54, 1.807) is 50.5 Å². The zero-order valence-corrected chi connectivity index (χ0v) is 47.0.